The van der Waals surface area contributed by atoms with Crippen molar-refractivity contribution in [2.45, 2.75) is 0 Å². The van der Waals surface area contributed by atoms with Crippen molar-refractivity contribution in [3.8, 4) is 0 Å². The van der Waals surface area contributed by atoms with Crippen LogP contribution in [0, 0.1) is 0 Å². The highest BCUT2D eigenvalue weighted by molar-refractivity contribution is 7.43. The summed E-state index contributed by atoms with van der Waals surface area (Å²) in [6.45, 7) is 5.93. The van der Waals surface area contributed by atoms with Crippen molar-refractivity contribution in [1.82, 2.24) is 0 Å². The van der Waals surface area contributed by atoms with Crippen molar-refractivity contribution >= 4 is 17.8 Å². The maximum Gasteiger partial charge on any atom is -0.0133 e. The Balaban J connectivity index is 2.99. The number of hydrogen-bond donors (Lipinski definition) is 0. The van der Waals surface area contributed by atoms with Gasteiger partial charge in [-0.25, -0.2) is 0 Å². The lowest BCUT2D eigenvalue weighted by atomic mass is 10.7. The summed E-state index contributed by atoms with van der Waals surface area (Å²) < 4.78 is 0. The maximum atomic E-state index is 3.78. The molecule has 0 fully saturated rings. The third-order valence-electron chi connectivity index (χ3n) is 0.600. The molecule has 2 atom stereocenters. The van der Waals surface area contributed by atoms with E-state index in [1.165, 1.54) is 5.31 Å². The second-order valence-electron chi connectivity index (χ2n) is 1.06. The molecule has 0 bridgehead atoms. The zero-order valence-electron chi connectivity index (χ0n) is 3.99. The lowest BCUT2D eigenvalue weighted by Gasteiger charge is -1.89. The standard InChI is InChI=1S/C4H10P2/c1-4(3-5)6-2/h6H,1,3,5H2,2H3. The fourth-order valence-electron chi connectivity index (χ4n) is 0.102. The first-order valence-corrected chi connectivity index (χ1v) is 4.18. The fourth-order valence-corrected chi connectivity index (χ4v) is 0.919. The van der Waals surface area contributed by atoms with E-state index in [1.54, 1.807) is 0 Å². The lowest BCUT2D eigenvalue weighted by molar-refractivity contribution is 1.75. The summed E-state index contributed by atoms with van der Waals surface area (Å²) in [6.07, 6.45) is 1.06. The SMILES string of the molecule is C=C(CP)PC. The van der Waals surface area contributed by atoms with E-state index in [0.717, 1.165) is 14.7 Å². The number of allylic oxidation sites excluding steroid dienone is 1. The Labute approximate surface area is 43.4 Å². The second kappa shape index (κ2) is 3.78. The van der Waals surface area contributed by atoms with Crippen LogP contribution < -0.4 is 0 Å². The largest absolute Gasteiger partial charge is 0.133 e. The average molecular weight is 120 g/mol. The molecule has 2 heteroatoms. The van der Waals surface area contributed by atoms with Crippen LogP contribution in [0.4, 0.5) is 0 Å². The van der Waals surface area contributed by atoms with Crippen molar-refractivity contribution in [2.24, 2.45) is 0 Å². The van der Waals surface area contributed by atoms with Crippen LogP contribution in [0.3, 0.4) is 0 Å². The molecule has 36 valence electrons. The Bertz CT molecular complexity index is 43.5. The molecule has 6 heavy (non-hydrogen) atoms. The van der Waals surface area contributed by atoms with Crippen molar-refractivity contribution in [3.05, 3.63) is 11.9 Å². The molecule has 0 aromatic carbocycles. The van der Waals surface area contributed by atoms with Crippen LogP contribution in [0.25, 0.3) is 0 Å². The van der Waals surface area contributed by atoms with Gasteiger partial charge < -0.3 is 0 Å². The predicted molar refractivity (Wildman–Crippen MR) is 38.0 cm³/mol. The van der Waals surface area contributed by atoms with Crippen LogP contribution in [0.15, 0.2) is 11.9 Å². The van der Waals surface area contributed by atoms with Gasteiger partial charge in [-0.1, -0.05) is 20.5 Å². The first-order valence-electron chi connectivity index (χ1n) is 1.87. The molecular formula is C4H10P2. The van der Waals surface area contributed by atoms with E-state index < -0.39 is 0 Å². The third-order valence-corrected chi connectivity index (χ3v) is 2.41. The molecule has 0 aliphatic rings. The highest BCUT2D eigenvalue weighted by Crippen LogP contribution is 2.17. The Kier molecular flexibility index (Phi) is 4.16. The Morgan fingerprint density at radius 2 is 2.50 bits per heavy atom. The quantitative estimate of drug-likeness (QED) is 0.486. The Hall–Kier alpha value is 0.600. The number of hydrogen-bond acceptors (Lipinski definition) is 0. The van der Waals surface area contributed by atoms with Gasteiger partial charge in [0.15, 0.2) is 0 Å². The molecule has 0 heterocycles. The summed E-state index contributed by atoms with van der Waals surface area (Å²) in [5, 5.41) is 1.33. The van der Waals surface area contributed by atoms with E-state index in [9.17, 15) is 0 Å². The third kappa shape index (κ3) is 2.82. The highest BCUT2D eigenvalue weighted by Gasteiger charge is 1.77. The molecule has 0 aromatic rings. The van der Waals surface area contributed by atoms with E-state index >= 15 is 0 Å². The number of rotatable bonds is 2. The summed E-state index contributed by atoms with van der Waals surface area (Å²) in [4.78, 5) is 0. The average Bonchev–Trinajstić information content (AvgIpc) is 1.65. The topological polar surface area (TPSA) is 0 Å². The molecule has 0 aliphatic carbocycles. The van der Waals surface area contributed by atoms with Crippen LogP contribution in [-0.2, 0) is 0 Å². The van der Waals surface area contributed by atoms with E-state index in [1.807, 2.05) is 0 Å². The molecule has 0 amide bonds. The van der Waals surface area contributed by atoms with Gasteiger partial charge in [-0.3, -0.25) is 0 Å². The van der Waals surface area contributed by atoms with Gasteiger partial charge in [-0.05, 0) is 12.8 Å². The van der Waals surface area contributed by atoms with E-state index in [-0.39, 0.29) is 0 Å². The van der Waals surface area contributed by atoms with Gasteiger partial charge in [0, 0.05) is 0 Å². The zero-order chi connectivity index (χ0) is 4.99. The molecule has 0 radical (unpaired) electrons. The van der Waals surface area contributed by atoms with Crippen LogP contribution >= 0.6 is 17.8 Å². The molecule has 0 aromatic heterocycles. The van der Waals surface area contributed by atoms with Gasteiger partial charge in [0.2, 0.25) is 0 Å². The molecule has 0 rings (SSSR count). The minimum Gasteiger partial charge on any atom is -0.133 e. The van der Waals surface area contributed by atoms with E-state index in [4.69, 9.17) is 0 Å². The normalized spacial score (nSPS) is 10.3. The van der Waals surface area contributed by atoms with Crippen LogP contribution in [-0.4, -0.2) is 12.8 Å². The van der Waals surface area contributed by atoms with Gasteiger partial charge in [-0.15, -0.1) is 9.24 Å². The minimum atomic E-state index is 0.916. The minimum absolute atomic E-state index is 0.916. The lowest BCUT2D eigenvalue weighted by Crippen LogP contribution is -1.64. The fraction of sp³-hybridized carbons (Fsp3) is 0.500. The van der Waals surface area contributed by atoms with Crippen LogP contribution in [0.2, 0.25) is 0 Å². The van der Waals surface area contributed by atoms with Crippen molar-refractivity contribution < 1.29 is 0 Å². The van der Waals surface area contributed by atoms with Crippen molar-refractivity contribution in [3.63, 3.8) is 0 Å². The molecule has 0 aliphatic heterocycles. The monoisotopic (exact) mass is 120 g/mol. The van der Waals surface area contributed by atoms with Gasteiger partial charge in [-0.2, -0.15) is 0 Å². The molecule has 0 saturated carbocycles. The first-order chi connectivity index (χ1) is 2.81. The van der Waals surface area contributed by atoms with Crippen LogP contribution in [0.1, 0.15) is 0 Å². The molecule has 2 unspecified atom stereocenters. The Morgan fingerprint density at radius 3 is 2.50 bits per heavy atom. The van der Waals surface area contributed by atoms with Gasteiger partial charge in [0.1, 0.15) is 0 Å². The second-order valence-corrected chi connectivity index (χ2v) is 2.67. The van der Waals surface area contributed by atoms with Gasteiger partial charge in [0.05, 0.1) is 0 Å². The summed E-state index contributed by atoms with van der Waals surface area (Å²) in [5.74, 6) is 0. The molecular weight excluding hydrogens is 110 g/mol. The van der Waals surface area contributed by atoms with E-state index in [2.05, 4.69) is 22.5 Å². The zero-order valence-corrected chi connectivity index (χ0v) is 6.15. The maximum absolute atomic E-state index is 3.78. The van der Waals surface area contributed by atoms with Gasteiger partial charge in [0.25, 0.3) is 0 Å². The van der Waals surface area contributed by atoms with Gasteiger partial charge >= 0.3 is 0 Å². The molecule has 0 saturated heterocycles. The molecule has 0 N–H and O–H groups in total. The van der Waals surface area contributed by atoms with Crippen LogP contribution in [0.5, 0.6) is 0 Å². The van der Waals surface area contributed by atoms with Crippen molar-refractivity contribution in [1.29, 1.82) is 0 Å². The summed E-state index contributed by atoms with van der Waals surface area (Å²) >= 11 is 0. The van der Waals surface area contributed by atoms with Crippen molar-refractivity contribution in [2.75, 3.05) is 12.8 Å². The first kappa shape index (κ1) is 6.60. The highest BCUT2D eigenvalue weighted by atomic mass is 31.1. The Morgan fingerprint density at radius 1 is 2.00 bits per heavy atom. The molecule has 0 spiro atoms. The predicted octanol–water partition coefficient (Wildman–Crippen LogP) is 1.68. The molecule has 0 nitrogen and oxygen atoms in total. The summed E-state index contributed by atoms with van der Waals surface area (Å²) in [5.41, 5.74) is 0. The van der Waals surface area contributed by atoms with E-state index in [0.29, 0.717) is 0 Å². The summed E-state index contributed by atoms with van der Waals surface area (Å²) in [6, 6.07) is 0. The summed E-state index contributed by atoms with van der Waals surface area (Å²) in [7, 11) is 3.56. The smallest absolute Gasteiger partial charge is 0.0133 e.